The Morgan fingerprint density at radius 3 is 2.68 bits per heavy atom. The largest absolute Gasteiger partial charge is 0.377 e. The van der Waals surface area contributed by atoms with Gasteiger partial charge in [-0.15, -0.1) is 0 Å². The summed E-state index contributed by atoms with van der Waals surface area (Å²) in [5.41, 5.74) is -0.450. The normalized spacial score (nSPS) is 17.2. The Morgan fingerprint density at radius 2 is 2.00 bits per heavy atom. The number of hydrogen-bond donors (Lipinski definition) is 1. The van der Waals surface area contributed by atoms with Gasteiger partial charge in [0.05, 0.1) is 35.7 Å². The molecule has 1 atom stereocenters. The topological polar surface area (TPSA) is 126 Å². The van der Waals surface area contributed by atoms with Crippen molar-refractivity contribution >= 4 is 17.1 Å². The minimum absolute atomic E-state index is 0.154. The lowest BCUT2D eigenvalue weighted by Gasteiger charge is -2.22. The van der Waals surface area contributed by atoms with E-state index in [0.717, 1.165) is 31.9 Å². The first-order valence-electron chi connectivity index (χ1n) is 8.05. The summed E-state index contributed by atoms with van der Waals surface area (Å²) < 4.78 is 16.3. The third kappa shape index (κ3) is 6.25. The summed E-state index contributed by atoms with van der Waals surface area (Å²) in [6, 6.07) is 3.47. The summed E-state index contributed by atoms with van der Waals surface area (Å²) in [5, 5.41) is 24.5. The van der Waals surface area contributed by atoms with Crippen LogP contribution in [-0.4, -0.2) is 49.1 Å². The van der Waals surface area contributed by atoms with Crippen LogP contribution in [0.5, 0.6) is 0 Å². The second kappa shape index (κ2) is 9.87. The van der Waals surface area contributed by atoms with Crippen LogP contribution >= 0.6 is 0 Å². The van der Waals surface area contributed by atoms with E-state index in [2.05, 4.69) is 5.32 Å². The SMILES string of the molecule is O=[N+]([O-])c1ccc(NCCOCCOC2CCCCO2)c([N+](=O)[O-])c1. The molecule has 10 nitrogen and oxygen atoms in total. The van der Waals surface area contributed by atoms with Crippen LogP contribution in [0.2, 0.25) is 0 Å². The first kappa shape index (κ1) is 19.0. The molecule has 1 aromatic rings. The number of rotatable bonds is 10. The lowest BCUT2D eigenvalue weighted by Crippen LogP contribution is -2.24. The summed E-state index contributed by atoms with van der Waals surface area (Å²) >= 11 is 0. The maximum absolute atomic E-state index is 11.0. The van der Waals surface area contributed by atoms with Crippen LogP contribution in [0.3, 0.4) is 0 Å². The molecule has 1 aliphatic rings. The number of hydrogen-bond acceptors (Lipinski definition) is 8. The van der Waals surface area contributed by atoms with E-state index in [1.165, 1.54) is 12.1 Å². The second-order valence-electron chi connectivity index (χ2n) is 5.42. The zero-order chi connectivity index (χ0) is 18.1. The van der Waals surface area contributed by atoms with Gasteiger partial charge in [-0.1, -0.05) is 0 Å². The zero-order valence-corrected chi connectivity index (χ0v) is 13.7. The number of benzene rings is 1. The average Bonchev–Trinajstić information content (AvgIpc) is 2.61. The molecule has 25 heavy (non-hydrogen) atoms. The predicted molar refractivity (Wildman–Crippen MR) is 88.6 cm³/mol. The molecule has 1 unspecified atom stereocenters. The molecule has 1 fully saturated rings. The predicted octanol–water partition coefficient (Wildman–Crippen LogP) is 2.47. The third-order valence-electron chi connectivity index (χ3n) is 3.62. The monoisotopic (exact) mass is 355 g/mol. The van der Waals surface area contributed by atoms with E-state index in [4.69, 9.17) is 14.2 Å². The van der Waals surface area contributed by atoms with E-state index in [0.29, 0.717) is 26.4 Å². The molecule has 0 bridgehead atoms. The summed E-state index contributed by atoms with van der Waals surface area (Å²) in [7, 11) is 0. The molecule has 1 aliphatic heterocycles. The summed E-state index contributed by atoms with van der Waals surface area (Å²) in [5.74, 6) is 0. The highest BCUT2D eigenvalue weighted by Gasteiger charge is 2.19. The van der Waals surface area contributed by atoms with E-state index in [1.807, 2.05) is 0 Å². The van der Waals surface area contributed by atoms with Crippen LogP contribution < -0.4 is 5.32 Å². The molecule has 138 valence electrons. The van der Waals surface area contributed by atoms with Gasteiger partial charge in [-0.05, 0) is 25.3 Å². The number of non-ortho nitro benzene ring substituents is 1. The first-order valence-corrected chi connectivity index (χ1v) is 8.05. The van der Waals surface area contributed by atoms with Crippen molar-refractivity contribution in [3.63, 3.8) is 0 Å². The van der Waals surface area contributed by atoms with Gasteiger partial charge in [-0.2, -0.15) is 0 Å². The van der Waals surface area contributed by atoms with Crippen molar-refractivity contribution in [1.29, 1.82) is 0 Å². The van der Waals surface area contributed by atoms with E-state index >= 15 is 0 Å². The van der Waals surface area contributed by atoms with Crippen molar-refractivity contribution in [2.24, 2.45) is 0 Å². The van der Waals surface area contributed by atoms with Gasteiger partial charge in [-0.3, -0.25) is 20.2 Å². The van der Waals surface area contributed by atoms with Gasteiger partial charge in [-0.25, -0.2) is 0 Å². The highest BCUT2D eigenvalue weighted by Crippen LogP contribution is 2.28. The van der Waals surface area contributed by atoms with Gasteiger partial charge in [0, 0.05) is 19.2 Å². The van der Waals surface area contributed by atoms with Crippen molar-refractivity contribution in [3.8, 4) is 0 Å². The van der Waals surface area contributed by atoms with Crippen LogP contribution in [0.25, 0.3) is 0 Å². The molecule has 0 spiro atoms. The molecule has 1 saturated heterocycles. The van der Waals surface area contributed by atoms with E-state index in [9.17, 15) is 20.2 Å². The maximum atomic E-state index is 11.0. The van der Waals surface area contributed by atoms with Crippen LogP contribution in [0.4, 0.5) is 17.1 Å². The Hall–Kier alpha value is -2.30. The number of nitrogens with one attached hydrogen (secondary N) is 1. The fourth-order valence-corrected chi connectivity index (χ4v) is 2.38. The van der Waals surface area contributed by atoms with Gasteiger partial charge in [0.15, 0.2) is 6.29 Å². The van der Waals surface area contributed by atoms with Crippen LogP contribution in [0.15, 0.2) is 18.2 Å². The molecule has 0 radical (unpaired) electrons. The number of anilines is 1. The molecule has 0 amide bonds. The van der Waals surface area contributed by atoms with Crippen LogP contribution in [-0.2, 0) is 14.2 Å². The van der Waals surface area contributed by atoms with Gasteiger partial charge in [0.2, 0.25) is 0 Å². The fourth-order valence-electron chi connectivity index (χ4n) is 2.38. The molecular formula is C15H21N3O7. The standard InChI is InChI=1S/C15H21N3O7/c19-17(20)12-4-5-13(14(11-12)18(21)22)16-6-8-23-9-10-25-15-3-1-2-7-24-15/h4-5,11,15-16H,1-3,6-10H2. The number of nitro benzene ring substituents is 2. The van der Waals surface area contributed by atoms with Crippen molar-refractivity contribution in [2.45, 2.75) is 25.6 Å². The van der Waals surface area contributed by atoms with Crippen molar-refractivity contribution in [2.75, 3.05) is 38.3 Å². The Bertz CT molecular complexity index is 590. The molecular weight excluding hydrogens is 334 g/mol. The smallest absolute Gasteiger partial charge is 0.299 e. The van der Waals surface area contributed by atoms with Crippen molar-refractivity contribution < 1.29 is 24.1 Å². The Morgan fingerprint density at radius 1 is 1.16 bits per heavy atom. The van der Waals surface area contributed by atoms with Crippen LogP contribution in [0.1, 0.15) is 19.3 Å². The molecule has 10 heteroatoms. The molecule has 2 rings (SSSR count). The molecule has 1 aromatic carbocycles. The molecule has 1 N–H and O–H groups in total. The Labute approximate surface area is 144 Å². The molecule has 0 aliphatic carbocycles. The van der Waals surface area contributed by atoms with Crippen LogP contribution in [0, 0.1) is 20.2 Å². The van der Waals surface area contributed by atoms with E-state index in [-0.39, 0.29) is 23.4 Å². The first-order chi connectivity index (χ1) is 12.1. The maximum Gasteiger partial charge on any atom is 0.299 e. The van der Waals surface area contributed by atoms with E-state index in [1.54, 1.807) is 0 Å². The minimum atomic E-state index is -0.671. The third-order valence-corrected chi connectivity index (χ3v) is 3.62. The average molecular weight is 355 g/mol. The molecule has 1 heterocycles. The van der Waals surface area contributed by atoms with E-state index < -0.39 is 9.85 Å². The molecule has 0 saturated carbocycles. The summed E-state index contributed by atoms with van der Waals surface area (Å²) in [6.45, 7) is 2.19. The van der Waals surface area contributed by atoms with Gasteiger partial charge in [0.25, 0.3) is 11.4 Å². The molecule has 0 aromatic heterocycles. The van der Waals surface area contributed by atoms with Crippen molar-refractivity contribution in [3.05, 3.63) is 38.4 Å². The Kier molecular flexibility index (Phi) is 7.51. The van der Waals surface area contributed by atoms with Crippen molar-refractivity contribution in [1.82, 2.24) is 0 Å². The summed E-state index contributed by atoms with van der Waals surface area (Å²) in [6.07, 6.45) is 2.91. The fraction of sp³-hybridized carbons (Fsp3) is 0.600. The quantitative estimate of drug-likeness (QED) is 0.385. The minimum Gasteiger partial charge on any atom is -0.377 e. The zero-order valence-electron chi connectivity index (χ0n) is 13.7. The second-order valence-corrected chi connectivity index (χ2v) is 5.42. The summed E-state index contributed by atoms with van der Waals surface area (Å²) in [4.78, 5) is 20.4. The lowest BCUT2D eigenvalue weighted by molar-refractivity contribution is -0.393. The van der Waals surface area contributed by atoms with Gasteiger partial charge >= 0.3 is 0 Å². The number of nitro groups is 2. The number of nitrogens with zero attached hydrogens (tertiary/aromatic N) is 2. The highest BCUT2D eigenvalue weighted by atomic mass is 16.7. The van der Waals surface area contributed by atoms with Gasteiger partial charge in [0.1, 0.15) is 5.69 Å². The lowest BCUT2D eigenvalue weighted by atomic mass is 10.2. The number of ether oxygens (including phenoxy) is 3. The highest BCUT2D eigenvalue weighted by molar-refractivity contribution is 5.65. The van der Waals surface area contributed by atoms with Gasteiger partial charge < -0.3 is 19.5 Å². The Balaban J connectivity index is 1.67.